The van der Waals surface area contributed by atoms with E-state index in [1.165, 1.54) is 0 Å². The minimum absolute atomic E-state index is 0.187. The zero-order chi connectivity index (χ0) is 19.5. The third-order valence-corrected chi connectivity index (χ3v) is 5.47. The van der Waals surface area contributed by atoms with Crippen LogP contribution in [0.4, 0.5) is 11.6 Å². The summed E-state index contributed by atoms with van der Waals surface area (Å²) in [6, 6.07) is 14.7. The average molecular weight is 410 g/mol. The number of anilines is 2. The highest BCUT2D eigenvalue weighted by Crippen LogP contribution is 2.32. The van der Waals surface area contributed by atoms with E-state index < -0.39 is 0 Å². The molecular weight excluding hydrogens is 394 g/mol. The van der Waals surface area contributed by atoms with Crippen LogP contribution in [-0.4, -0.2) is 20.9 Å². The Morgan fingerprint density at radius 1 is 1.18 bits per heavy atom. The Balaban J connectivity index is 1.60. The molecular formula is C20H16ClN5OS. The number of fused-ring (bicyclic) bond motifs is 1. The summed E-state index contributed by atoms with van der Waals surface area (Å²) in [5, 5.41) is 4.40. The van der Waals surface area contributed by atoms with Gasteiger partial charge in [-0.05, 0) is 42.5 Å². The number of carbonyl (C=O) groups excluding carboxylic acids is 1. The largest absolute Gasteiger partial charge is 0.368 e. The zero-order valence-corrected chi connectivity index (χ0v) is 16.2. The molecule has 0 atom stereocenters. The summed E-state index contributed by atoms with van der Waals surface area (Å²) in [5.41, 5.74) is 8.64. The Morgan fingerprint density at radius 2 is 2.00 bits per heavy atom. The number of H-pyrrole nitrogens is 1. The maximum atomic E-state index is 12.8. The number of nitrogens with zero attached hydrogens (tertiary/aromatic N) is 2. The normalized spacial score (nSPS) is 10.9. The molecule has 0 unspecified atom stereocenters. The predicted octanol–water partition coefficient (Wildman–Crippen LogP) is 4.74. The van der Waals surface area contributed by atoms with Gasteiger partial charge in [-0.25, -0.2) is 9.97 Å². The van der Waals surface area contributed by atoms with Crippen LogP contribution in [0.2, 0.25) is 5.02 Å². The number of carbonyl (C=O) groups is 1. The molecule has 1 amide bonds. The first-order valence-corrected chi connectivity index (χ1v) is 9.84. The van der Waals surface area contributed by atoms with E-state index in [-0.39, 0.29) is 11.9 Å². The highest BCUT2D eigenvalue weighted by Gasteiger charge is 2.16. The topological polar surface area (TPSA) is 96.7 Å². The monoisotopic (exact) mass is 409 g/mol. The summed E-state index contributed by atoms with van der Waals surface area (Å²) in [4.78, 5) is 25.1. The van der Waals surface area contributed by atoms with Crippen LogP contribution in [-0.2, 0) is 5.75 Å². The van der Waals surface area contributed by atoms with Gasteiger partial charge < -0.3 is 16.0 Å². The summed E-state index contributed by atoms with van der Waals surface area (Å²) >= 11 is 7.50. The van der Waals surface area contributed by atoms with Gasteiger partial charge in [-0.1, -0.05) is 17.7 Å². The van der Waals surface area contributed by atoms with Crippen molar-refractivity contribution in [1.29, 1.82) is 0 Å². The SMILES string of the molecule is Nc1nccc(CSc2cccc3[nH]cc(C(=O)Nc4ccc(Cl)cc4)c23)n1. The van der Waals surface area contributed by atoms with Crippen LogP contribution in [0.1, 0.15) is 16.1 Å². The molecule has 0 fully saturated rings. The van der Waals surface area contributed by atoms with Crippen molar-refractivity contribution in [3.05, 3.63) is 77.2 Å². The average Bonchev–Trinajstić information content (AvgIpc) is 3.13. The number of rotatable bonds is 5. The third-order valence-electron chi connectivity index (χ3n) is 4.12. The minimum Gasteiger partial charge on any atom is -0.368 e. The van der Waals surface area contributed by atoms with Crippen molar-refractivity contribution in [2.24, 2.45) is 0 Å². The lowest BCUT2D eigenvalue weighted by Gasteiger charge is -2.08. The molecule has 4 rings (SSSR count). The number of nitrogen functional groups attached to an aromatic ring is 1. The summed E-state index contributed by atoms with van der Waals surface area (Å²) in [7, 11) is 0. The van der Waals surface area contributed by atoms with Crippen LogP contribution in [0.5, 0.6) is 0 Å². The van der Waals surface area contributed by atoms with Gasteiger partial charge in [-0.3, -0.25) is 4.79 Å². The number of halogens is 1. The summed E-state index contributed by atoms with van der Waals surface area (Å²) in [6.07, 6.45) is 3.36. The fraction of sp³-hybridized carbons (Fsp3) is 0.0500. The summed E-state index contributed by atoms with van der Waals surface area (Å²) in [5.74, 6) is 0.684. The molecule has 4 N–H and O–H groups in total. The van der Waals surface area contributed by atoms with Crippen molar-refractivity contribution in [2.45, 2.75) is 10.6 Å². The number of benzene rings is 2. The summed E-state index contributed by atoms with van der Waals surface area (Å²) in [6.45, 7) is 0. The first-order valence-electron chi connectivity index (χ1n) is 8.47. The lowest BCUT2D eigenvalue weighted by Crippen LogP contribution is -2.11. The Hall–Kier alpha value is -3.03. The number of nitrogens with two attached hydrogens (primary N) is 1. The molecule has 2 aromatic carbocycles. The Kier molecular flexibility index (Phi) is 5.18. The smallest absolute Gasteiger partial charge is 0.257 e. The molecule has 0 spiro atoms. The molecule has 2 heterocycles. The van der Waals surface area contributed by atoms with Crippen molar-refractivity contribution in [1.82, 2.24) is 15.0 Å². The van der Waals surface area contributed by atoms with Crippen molar-refractivity contribution in [3.8, 4) is 0 Å². The number of hydrogen-bond donors (Lipinski definition) is 3. The molecule has 4 aromatic rings. The van der Waals surface area contributed by atoms with Crippen LogP contribution < -0.4 is 11.1 Å². The number of aromatic amines is 1. The number of hydrogen-bond acceptors (Lipinski definition) is 5. The number of aromatic nitrogens is 3. The van der Waals surface area contributed by atoms with E-state index in [4.69, 9.17) is 17.3 Å². The van der Waals surface area contributed by atoms with Gasteiger partial charge in [-0.2, -0.15) is 0 Å². The van der Waals surface area contributed by atoms with E-state index >= 15 is 0 Å². The lowest BCUT2D eigenvalue weighted by atomic mass is 10.1. The Labute approximate surface area is 170 Å². The first-order chi connectivity index (χ1) is 13.6. The molecule has 0 saturated heterocycles. The third kappa shape index (κ3) is 3.95. The predicted molar refractivity (Wildman–Crippen MR) is 114 cm³/mol. The molecule has 0 bridgehead atoms. The van der Waals surface area contributed by atoms with Gasteiger partial charge in [0.05, 0.1) is 11.3 Å². The van der Waals surface area contributed by atoms with Crippen LogP contribution >= 0.6 is 23.4 Å². The van der Waals surface area contributed by atoms with E-state index in [0.717, 1.165) is 21.5 Å². The van der Waals surface area contributed by atoms with Gasteiger partial charge in [0.15, 0.2) is 0 Å². The number of nitrogens with one attached hydrogen (secondary N) is 2. The van der Waals surface area contributed by atoms with Crippen LogP contribution in [0, 0.1) is 0 Å². The molecule has 8 heteroatoms. The maximum Gasteiger partial charge on any atom is 0.257 e. The molecule has 140 valence electrons. The van der Waals surface area contributed by atoms with Crippen LogP contribution in [0.25, 0.3) is 10.9 Å². The van der Waals surface area contributed by atoms with E-state index in [2.05, 4.69) is 20.3 Å². The van der Waals surface area contributed by atoms with E-state index in [1.54, 1.807) is 48.4 Å². The second kappa shape index (κ2) is 7.92. The standard InChI is InChI=1S/C20H16ClN5OS/c21-12-4-6-13(7-5-12)25-19(27)15-10-24-16-2-1-3-17(18(15)16)28-11-14-8-9-23-20(22)26-14/h1-10,24H,11H2,(H,25,27)(H2,22,23,26). The molecule has 0 aliphatic heterocycles. The highest BCUT2D eigenvalue weighted by atomic mass is 35.5. The lowest BCUT2D eigenvalue weighted by molar-refractivity contribution is 0.102. The minimum atomic E-state index is -0.187. The molecule has 0 saturated carbocycles. The second-order valence-corrected chi connectivity index (χ2v) is 7.49. The first kappa shape index (κ1) is 18.3. The molecule has 0 aliphatic carbocycles. The fourth-order valence-electron chi connectivity index (χ4n) is 2.83. The van der Waals surface area contributed by atoms with Crippen molar-refractivity contribution in [3.63, 3.8) is 0 Å². The van der Waals surface area contributed by atoms with Crippen molar-refractivity contribution >= 4 is 51.8 Å². The molecule has 0 radical (unpaired) electrons. The zero-order valence-electron chi connectivity index (χ0n) is 14.6. The van der Waals surface area contributed by atoms with Gasteiger partial charge >= 0.3 is 0 Å². The quantitative estimate of drug-likeness (QED) is 0.414. The number of thioether (sulfide) groups is 1. The van der Waals surface area contributed by atoms with E-state index in [1.807, 2.05) is 24.3 Å². The van der Waals surface area contributed by atoms with Crippen molar-refractivity contribution in [2.75, 3.05) is 11.1 Å². The van der Waals surface area contributed by atoms with E-state index in [9.17, 15) is 4.79 Å². The highest BCUT2D eigenvalue weighted by molar-refractivity contribution is 7.98. The Morgan fingerprint density at radius 3 is 2.79 bits per heavy atom. The molecule has 0 aliphatic rings. The number of amides is 1. The maximum absolute atomic E-state index is 12.8. The van der Waals surface area contributed by atoms with Gasteiger partial charge in [0.1, 0.15) is 0 Å². The summed E-state index contributed by atoms with van der Waals surface area (Å²) < 4.78 is 0. The fourth-order valence-corrected chi connectivity index (χ4v) is 3.96. The molecule has 28 heavy (non-hydrogen) atoms. The van der Waals surface area contributed by atoms with Gasteiger partial charge in [0.2, 0.25) is 5.95 Å². The molecule has 6 nitrogen and oxygen atoms in total. The van der Waals surface area contributed by atoms with Crippen LogP contribution in [0.3, 0.4) is 0 Å². The van der Waals surface area contributed by atoms with E-state index in [0.29, 0.717) is 22.0 Å². The van der Waals surface area contributed by atoms with Gasteiger partial charge in [-0.15, -0.1) is 11.8 Å². The molecule has 2 aromatic heterocycles. The second-order valence-electron chi connectivity index (χ2n) is 6.04. The Bertz CT molecular complexity index is 1140. The van der Waals surface area contributed by atoms with Gasteiger partial charge in [0, 0.05) is 44.7 Å². The van der Waals surface area contributed by atoms with Crippen LogP contribution in [0.15, 0.2) is 65.8 Å². The van der Waals surface area contributed by atoms with Gasteiger partial charge in [0.25, 0.3) is 5.91 Å². The van der Waals surface area contributed by atoms with Crippen molar-refractivity contribution < 1.29 is 4.79 Å².